The molecule has 1 heterocycles. The molecule has 7 nitrogen and oxygen atoms in total. The van der Waals surface area contributed by atoms with Crippen LogP contribution in [0.4, 0.5) is 4.79 Å². The summed E-state index contributed by atoms with van der Waals surface area (Å²) in [6.07, 6.45) is 2.35. The van der Waals surface area contributed by atoms with Crippen LogP contribution in [-0.4, -0.2) is 52.9 Å². The van der Waals surface area contributed by atoms with Gasteiger partial charge in [-0.2, -0.15) is 0 Å². The maximum Gasteiger partial charge on any atom is 0.410 e. The molecule has 2 amide bonds. The Balaban J connectivity index is 1.85. The second-order valence-electron chi connectivity index (χ2n) is 5.34. The smallest absolute Gasteiger partial charge is 0.410 e. The lowest BCUT2D eigenvalue weighted by Crippen LogP contribution is -2.46. The Bertz CT molecular complexity index is 574. The molecule has 23 heavy (non-hydrogen) atoms. The molecule has 0 saturated carbocycles. The Kier molecular flexibility index (Phi) is 5.46. The first-order valence-corrected chi connectivity index (χ1v) is 7.36. The maximum absolute atomic E-state index is 12.1. The van der Waals surface area contributed by atoms with Crippen molar-refractivity contribution in [3.63, 3.8) is 0 Å². The molecule has 1 saturated heterocycles. The van der Waals surface area contributed by atoms with Crippen molar-refractivity contribution in [2.45, 2.75) is 18.9 Å². The number of phenols is 2. The molecule has 0 unspecified atom stereocenters. The number of phenolic OH excluding ortho intramolecular Hbond substituents is 2. The van der Waals surface area contributed by atoms with Crippen LogP contribution in [0.3, 0.4) is 0 Å². The lowest BCUT2D eigenvalue weighted by atomic mass is 10.0. The molecule has 124 valence electrons. The van der Waals surface area contributed by atoms with Crippen LogP contribution in [0.15, 0.2) is 30.9 Å². The third-order valence-corrected chi connectivity index (χ3v) is 3.58. The molecule has 0 radical (unpaired) electrons. The lowest BCUT2D eigenvalue weighted by Gasteiger charge is -2.31. The Morgan fingerprint density at radius 1 is 1.26 bits per heavy atom. The highest BCUT2D eigenvalue weighted by Gasteiger charge is 2.25. The van der Waals surface area contributed by atoms with Gasteiger partial charge in [0.2, 0.25) is 0 Å². The van der Waals surface area contributed by atoms with E-state index in [9.17, 15) is 19.8 Å². The van der Waals surface area contributed by atoms with Crippen molar-refractivity contribution in [2.24, 2.45) is 0 Å². The summed E-state index contributed by atoms with van der Waals surface area (Å²) in [5.41, 5.74) is 0.190. The van der Waals surface area contributed by atoms with Crippen molar-refractivity contribution in [3.8, 4) is 11.5 Å². The molecule has 0 aliphatic carbocycles. The summed E-state index contributed by atoms with van der Waals surface area (Å²) in [7, 11) is 0. The molecule has 1 aromatic rings. The number of ether oxygens (including phenoxy) is 1. The van der Waals surface area contributed by atoms with Gasteiger partial charge in [-0.05, 0) is 25.0 Å². The minimum atomic E-state index is -0.382. The van der Waals surface area contributed by atoms with E-state index in [0.29, 0.717) is 25.9 Å². The quantitative estimate of drug-likeness (QED) is 0.732. The van der Waals surface area contributed by atoms with Crippen LogP contribution in [-0.2, 0) is 4.74 Å². The number of piperidine rings is 1. The molecule has 0 aromatic heterocycles. The van der Waals surface area contributed by atoms with E-state index in [1.54, 1.807) is 4.90 Å². The number of hydrogen-bond donors (Lipinski definition) is 3. The number of aromatic hydroxyl groups is 2. The third-order valence-electron chi connectivity index (χ3n) is 3.58. The monoisotopic (exact) mass is 320 g/mol. The number of nitrogens with zero attached hydrogens (tertiary/aromatic N) is 1. The molecular formula is C16H20N2O5. The number of hydrogen-bond acceptors (Lipinski definition) is 5. The van der Waals surface area contributed by atoms with Gasteiger partial charge < -0.3 is 25.2 Å². The number of carbonyl (C=O) groups excluding carboxylic acids is 2. The molecule has 0 spiro atoms. The van der Waals surface area contributed by atoms with Crippen molar-refractivity contribution >= 4 is 12.0 Å². The second kappa shape index (κ2) is 7.53. The summed E-state index contributed by atoms with van der Waals surface area (Å²) in [5, 5.41) is 21.7. The highest BCUT2D eigenvalue weighted by Crippen LogP contribution is 2.21. The fourth-order valence-electron chi connectivity index (χ4n) is 2.42. The van der Waals surface area contributed by atoms with Crippen LogP contribution >= 0.6 is 0 Å². The van der Waals surface area contributed by atoms with Crippen molar-refractivity contribution in [1.29, 1.82) is 0 Å². The molecule has 7 heteroatoms. The predicted octanol–water partition coefficient (Wildman–Crippen LogP) is 1.61. The molecule has 0 atom stereocenters. The van der Waals surface area contributed by atoms with Crippen LogP contribution in [0.2, 0.25) is 0 Å². The van der Waals surface area contributed by atoms with Crippen molar-refractivity contribution < 1.29 is 24.5 Å². The van der Waals surface area contributed by atoms with E-state index in [1.807, 2.05) is 0 Å². The standard InChI is InChI=1S/C16H20N2O5/c1-2-7-23-16(22)18-5-3-12(4-6-18)17-15(21)11-8-13(19)10-14(20)9-11/h2,8-10,12,19-20H,1,3-7H2,(H,17,21). The molecule has 3 N–H and O–H groups in total. The Hall–Kier alpha value is -2.70. The number of carbonyl (C=O) groups is 2. The lowest BCUT2D eigenvalue weighted by molar-refractivity contribution is 0.0873. The first kappa shape index (κ1) is 16.7. The van der Waals surface area contributed by atoms with Crippen LogP contribution in [0.5, 0.6) is 11.5 Å². The number of benzene rings is 1. The van der Waals surface area contributed by atoms with Crippen molar-refractivity contribution in [3.05, 3.63) is 36.4 Å². The van der Waals surface area contributed by atoms with E-state index in [4.69, 9.17) is 4.74 Å². The first-order valence-electron chi connectivity index (χ1n) is 7.36. The average molecular weight is 320 g/mol. The summed E-state index contributed by atoms with van der Waals surface area (Å²) < 4.78 is 4.97. The fourth-order valence-corrected chi connectivity index (χ4v) is 2.42. The van der Waals surface area contributed by atoms with Gasteiger partial charge >= 0.3 is 6.09 Å². The maximum atomic E-state index is 12.1. The molecule has 1 aliphatic heterocycles. The number of rotatable bonds is 4. The molecule has 1 fully saturated rings. The van der Waals surface area contributed by atoms with Gasteiger partial charge in [0.15, 0.2) is 0 Å². The minimum Gasteiger partial charge on any atom is -0.508 e. The topological polar surface area (TPSA) is 99.1 Å². The molecule has 2 rings (SSSR count). The van der Waals surface area contributed by atoms with Gasteiger partial charge in [0.25, 0.3) is 5.91 Å². The normalized spacial score (nSPS) is 15.0. The van der Waals surface area contributed by atoms with Crippen LogP contribution in [0, 0.1) is 0 Å². The highest BCUT2D eigenvalue weighted by molar-refractivity contribution is 5.95. The van der Waals surface area contributed by atoms with Crippen LogP contribution in [0.25, 0.3) is 0 Å². The van der Waals surface area contributed by atoms with Gasteiger partial charge in [-0.1, -0.05) is 12.7 Å². The molecule has 1 aromatic carbocycles. The third kappa shape index (κ3) is 4.64. The van der Waals surface area contributed by atoms with Gasteiger partial charge in [-0.3, -0.25) is 4.79 Å². The zero-order valence-electron chi connectivity index (χ0n) is 12.7. The number of nitrogens with one attached hydrogen (secondary N) is 1. The Morgan fingerprint density at radius 2 is 1.87 bits per heavy atom. The first-order chi connectivity index (χ1) is 11.0. The second-order valence-corrected chi connectivity index (χ2v) is 5.34. The molecule has 1 aliphatic rings. The van der Waals surface area contributed by atoms with E-state index in [0.717, 1.165) is 6.07 Å². The van der Waals surface area contributed by atoms with Gasteiger partial charge in [-0.25, -0.2) is 4.79 Å². The predicted molar refractivity (Wildman–Crippen MR) is 83.4 cm³/mol. The molecular weight excluding hydrogens is 300 g/mol. The van der Waals surface area contributed by atoms with Gasteiger partial charge in [0.1, 0.15) is 18.1 Å². The van der Waals surface area contributed by atoms with Gasteiger partial charge in [-0.15, -0.1) is 0 Å². The minimum absolute atomic E-state index is 0.0737. The van der Waals surface area contributed by atoms with E-state index in [-0.39, 0.29) is 41.7 Å². The van der Waals surface area contributed by atoms with Gasteiger partial charge in [0, 0.05) is 30.8 Å². The number of amides is 2. The summed E-state index contributed by atoms with van der Waals surface area (Å²) in [5.74, 6) is -0.714. The zero-order chi connectivity index (χ0) is 16.8. The van der Waals surface area contributed by atoms with Crippen molar-refractivity contribution in [2.75, 3.05) is 19.7 Å². The fraction of sp³-hybridized carbons (Fsp3) is 0.375. The zero-order valence-corrected chi connectivity index (χ0v) is 12.7. The summed E-state index contributed by atoms with van der Waals surface area (Å²) >= 11 is 0. The van der Waals surface area contributed by atoms with Crippen molar-refractivity contribution in [1.82, 2.24) is 10.2 Å². The summed E-state index contributed by atoms with van der Waals surface area (Å²) in [6.45, 7) is 4.65. The Morgan fingerprint density at radius 3 is 2.43 bits per heavy atom. The van der Waals surface area contributed by atoms with Crippen LogP contribution in [0.1, 0.15) is 23.2 Å². The SMILES string of the molecule is C=CCOC(=O)N1CCC(NC(=O)c2cc(O)cc(O)c2)CC1. The summed E-state index contributed by atoms with van der Waals surface area (Å²) in [4.78, 5) is 25.4. The highest BCUT2D eigenvalue weighted by atomic mass is 16.6. The van der Waals surface area contributed by atoms with Gasteiger partial charge in [0.05, 0.1) is 0 Å². The van der Waals surface area contributed by atoms with E-state index in [2.05, 4.69) is 11.9 Å². The largest absolute Gasteiger partial charge is 0.508 e. The average Bonchev–Trinajstić information content (AvgIpc) is 2.52. The number of likely N-dealkylation sites (tertiary alicyclic amines) is 1. The summed E-state index contributed by atoms with van der Waals surface area (Å²) in [6, 6.07) is 3.66. The molecule has 0 bridgehead atoms. The van der Waals surface area contributed by atoms with Crippen LogP contribution < -0.4 is 5.32 Å². The Labute approximate surface area is 134 Å². The van der Waals surface area contributed by atoms with E-state index < -0.39 is 0 Å². The van der Waals surface area contributed by atoms with E-state index in [1.165, 1.54) is 18.2 Å². The van der Waals surface area contributed by atoms with E-state index >= 15 is 0 Å².